The minimum absolute atomic E-state index is 0.906. The van der Waals surface area contributed by atoms with Gasteiger partial charge in [0, 0.05) is 23.2 Å². The van der Waals surface area contributed by atoms with E-state index < -0.39 is 0 Å². The van der Waals surface area contributed by atoms with Crippen LogP contribution >= 0.6 is 15.9 Å². The zero-order valence-electron chi connectivity index (χ0n) is 10.1. The van der Waals surface area contributed by atoms with Gasteiger partial charge >= 0.3 is 0 Å². The Hall–Kier alpha value is -1.32. The lowest BCUT2D eigenvalue weighted by atomic mass is 10.1. The highest BCUT2D eigenvalue weighted by Crippen LogP contribution is 2.26. The molecule has 0 saturated heterocycles. The van der Waals surface area contributed by atoms with E-state index in [9.17, 15) is 0 Å². The number of benzene rings is 2. The Bertz CT molecular complexity index is 539. The number of nitrogens with one attached hydrogen (secondary N) is 1. The second kappa shape index (κ2) is 5.12. The van der Waals surface area contributed by atoms with Crippen LogP contribution in [-0.2, 0) is 13.1 Å². The summed E-state index contributed by atoms with van der Waals surface area (Å²) >= 11 is 3.53. The summed E-state index contributed by atoms with van der Waals surface area (Å²) in [6, 6.07) is 17.0. The van der Waals surface area contributed by atoms with Gasteiger partial charge in [-0.1, -0.05) is 46.3 Å². The quantitative estimate of drug-likeness (QED) is 0.907. The predicted molar refractivity (Wildman–Crippen MR) is 78.3 cm³/mol. The average Bonchev–Trinajstić information content (AvgIpc) is 2.39. The molecule has 0 spiro atoms. The van der Waals surface area contributed by atoms with Gasteiger partial charge in [-0.25, -0.2) is 0 Å². The molecule has 0 aromatic heterocycles. The summed E-state index contributed by atoms with van der Waals surface area (Å²) in [7, 11) is 0. The van der Waals surface area contributed by atoms with Crippen LogP contribution in [0.25, 0.3) is 0 Å². The molecule has 1 aliphatic heterocycles. The SMILES string of the molecule is Brc1ccc2c(c1)CN(Cc1ccccc1)CN2. The molecule has 1 aliphatic rings. The Kier molecular flexibility index (Phi) is 3.35. The predicted octanol–water partition coefficient (Wildman–Crippen LogP) is 3.83. The van der Waals surface area contributed by atoms with Crippen molar-refractivity contribution in [1.29, 1.82) is 0 Å². The molecule has 2 aromatic carbocycles. The van der Waals surface area contributed by atoms with E-state index in [-0.39, 0.29) is 0 Å². The number of anilines is 1. The van der Waals surface area contributed by atoms with Crippen LogP contribution in [0.2, 0.25) is 0 Å². The minimum Gasteiger partial charge on any atom is -0.372 e. The fourth-order valence-corrected chi connectivity index (χ4v) is 2.72. The number of hydrogen-bond donors (Lipinski definition) is 1. The number of hydrogen-bond acceptors (Lipinski definition) is 2. The average molecular weight is 303 g/mol. The molecule has 0 atom stereocenters. The highest BCUT2D eigenvalue weighted by Gasteiger charge is 2.15. The molecular formula is C15H15BrN2. The summed E-state index contributed by atoms with van der Waals surface area (Å²) < 4.78 is 1.14. The summed E-state index contributed by atoms with van der Waals surface area (Å²) in [5.41, 5.74) is 3.96. The molecule has 2 aromatic rings. The normalized spacial score (nSPS) is 14.9. The van der Waals surface area contributed by atoms with Crippen LogP contribution in [0.1, 0.15) is 11.1 Å². The molecule has 0 unspecified atom stereocenters. The number of fused-ring (bicyclic) bond motifs is 1. The number of nitrogens with zero attached hydrogens (tertiary/aromatic N) is 1. The van der Waals surface area contributed by atoms with Gasteiger partial charge in [-0.3, -0.25) is 4.90 Å². The Balaban J connectivity index is 1.75. The molecular weight excluding hydrogens is 288 g/mol. The Labute approximate surface area is 116 Å². The standard InChI is InChI=1S/C15H15BrN2/c16-14-6-7-15-13(8-14)10-18(11-17-15)9-12-4-2-1-3-5-12/h1-8,17H,9-11H2. The smallest absolute Gasteiger partial charge is 0.0684 e. The Morgan fingerprint density at radius 2 is 1.94 bits per heavy atom. The van der Waals surface area contributed by atoms with E-state index in [1.54, 1.807) is 0 Å². The molecule has 0 saturated carbocycles. The molecule has 0 bridgehead atoms. The molecule has 1 heterocycles. The monoisotopic (exact) mass is 302 g/mol. The Morgan fingerprint density at radius 3 is 2.78 bits per heavy atom. The van der Waals surface area contributed by atoms with Crippen molar-refractivity contribution in [3.63, 3.8) is 0 Å². The van der Waals surface area contributed by atoms with Gasteiger partial charge in [0.05, 0.1) is 6.67 Å². The first-order valence-electron chi connectivity index (χ1n) is 6.10. The molecule has 0 radical (unpaired) electrons. The highest BCUT2D eigenvalue weighted by atomic mass is 79.9. The topological polar surface area (TPSA) is 15.3 Å². The molecule has 3 heteroatoms. The highest BCUT2D eigenvalue weighted by molar-refractivity contribution is 9.10. The second-order valence-corrected chi connectivity index (χ2v) is 5.52. The summed E-state index contributed by atoms with van der Waals surface area (Å²) in [6.45, 7) is 2.89. The van der Waals surface area contributed by atoms with E-state index in [1.165, 1.54) is 16.8 Å². The molecule has 2 nitrogen and oxygen atoms in total. The van der Waals surface area contributed by atoms with Crippen molar-refractivity contribution in [3.05, 3.63) is 64.1 Å². The zero-order valence-corrected chi connectivity index (χ0v) is 11.7. The van der Waals surface area contributed by atoms with E-state index in [0.717, 1.165) is 24.2 Å². The fourth-order valence-electron chi connectivity index (χ4n) is 2.31. The molecule has 18 heavy (non-hydrogen) atoms. The lowest BCUT2D eigenvalue weighted by molar-refractivity contribution is 0.267. The zero-order chi connectivity index (χ0) is 12.4. The van der Waals surface area contributed by atoms with Gasteiger partial charge in [0.25, 0.3) is 0 Å². The molecule has 3 rings (SSSR count). The molecule has 0 amide bonds. The molecule has 0 fully saturated rings. The van der Waals surface area contributed by atoms with Crippen molar-refractivity contribution in [2.75, 3.05) is 12.0 Å². The van der Waals surface area contributed by atoms with Crippen LogP contribution in [0.15, 0.2) is 53.0 Å². The van der Waals surface area contributed by atoms with Gasteiger partial charge in [0.1, 0.15) is 0 Å². The van der Waals surface area contributed by atoms with Gasteiger partial charge in [0.15, 0.2) is 0 Å². The number of rotatable bonds is 2. The third-order valence-corrected chi connectivity index (χ3v) is 3.70. The maximum atomic E-state index is 3.53. The third kappa shape index (κ3) is 2.57. The van der Waals surface area contributed by atoms with Crippen LogP contribution < -0.4 is 5.32 Å². The van der Waals surface area contributed by atoms with Crippen LogP contribution in [-0.4, -0.2) is 11.6 Å². The van der Waals surface area contributed by atoms with E-state index in [2.05, 4.69) is 74.7 Å². The van der Waals surface area contributed by atoms with Gasteiger partial charge in [-0.05, 0) is 29.3 Å². The molecule has 1 N–H and O–H groups in total. The van der Waals surface area contributed by atoms with Crippen molar-refractivity contribution in [2.24, 2.45) is 0 Å². The lowest BCUT2D eigenvalue weighted by Gasteiger charge is -2.30. The van der Waals surface area contributed by atoms with Crippen molar-refractivity contribution in [1.82, 2.24) is 4.90 Å². The van der Waals surface area contributed by atoms with Gasteiger partial charge < -0.3 is 5.32 Å². The van der Waals surface area contributed by atoms with Crippen molar-refractivity contribution in [2.45, 2.75) is 13.1 Å². The van der Waals surface area contributed by atoms with Crippen LogP contribution in [0.4, 0.5) is 5.69 Å². The van der Waals surface area contributed by atoms with E-state index in [0.29, 0.717) is 0 Å². The van der Waals surface area contributed by atoms with Crippen molar-refractivity contribution >= 4 is 21.6 Å². The summed E-state index contributed by atoms with van der Waals surface area (Å²) in [5, 5.41) is 3.47. The van der Waals surface area contributed by atoms with Crippen LogP contribution in [0.3, 0.4) is 0 Å². The summed E-state index contributed by atoms with van der Waals surface area (Å²) in [6.07, 6.45) is 0. The van der Waals surface area contributed by atoms with Crippen molar-refractivity contribution < 1.29 is 0 Å². The second-order valence-electron chi connectivity index (χ2n) is 4.61. The van der Waals surface area contributed by atoms with Crippen molar-refractivity contribution in [3.8, 4) is 0 Å². The molecule has 92 valence electrons. The third-order valence-electron chi connectivity index (χ3n) is 3.20. The first-order valence-corrected chi connectivity index (χ1v) is 6.89. The maximum Gasteiger partial charge on any atom is 0.0684 e. The van der Waals surface area contributed by atoms with E-state index in [1.807, 2.05) is 0 Å². The van der Waals surface area contributed by atoms with Crippen LogP contribution in [0.5, 0.6) is 0 Å². The summed E-state index contributed by atoms with van der Waals surface area (Å²) in [5.74, 6) is 0. The van der Waals surface area contributed by atoms with E-state index >= 15 is 0 Å². The maximum absolute atomic E-state index is 3.53. The van der Waals surface area contributed by atoms with Crippen LogP contribution in [0, 0.1) is 0 Å². The fraction of sp³-hybridized carbons (Fsp3) is 0.200. The Morgan fingerprint density at radius 1 is 1.11 bits per heavy atom. The summed E-state index contributed by atoms with van der Waals surface area (Å²) in [4.78, 5) is 2.41. The lowest BCUT2D eigenvalue weighted by Crippen LogP contribution is -2.33. The number of halogens is 1. The van der Waals surface area contributed by atoms with Gasteiger partial charge in [-0.15, -0.1) is 0 Å². The van der Waals surface area contributed by atoms with Gasteiger partial charge in [0.2, 0.25) is 0 Å². The molecule has 0 aliphatic carbocycles. The van der Waals surface area contributed by atoms with E-state index in [4.69, 9.17) is 0 Å². The first kappa shape index (κ1) is 11.8. The largest absolute Gasteiger partial charge is 0.372 e. The minimum atomic E-state index is 0.906. The van der Waals surface area contributed by atoms with Gasteiger partial charge in [-0.2, -0.15) is 0 Å². The first-order chi connectivity index (χ1) is 8.81.